The standard InChI is InChI=1S/C72H48N6/c1-46-27-31-49(32-28-46)54-35-38-65-60(42-54)57-21-9-11-24-63(57)77(65)67-40-37-56(53-20-13-15-48(41-53)45-73)44-62(67)59-23-14-26-68(69(59)72-75-70(51-16-5-3-6-17-51)74-71(76-72)52-18-7-4-8-19-52)78-64-25-12-10-22-58(64)61-43-55(36-39-66(61)78)50-33-29-47(2)30-34-50/h3-44H,1-2H3. The summed E-state index contributed by atoms with van der Waals surface area (Å²) in [5, 5.41) is 14.8. The van der Waals surface area contributed by atoms with Crippen molar-refractivity contribution in [2.45, 2.75) is 13.8 Å². The topological polar surface area (TPSA) is 72.3 Å². The highest BCUT2D eigenvalue weighted by Gasteiger charge is 2.26. The van der Waals surface area contributed by atoms with Crippen molar-refractivity contribution in [1.29, 1.82) is 5.26 Å². The fourth-order valence-corrected chi connectivity index (χ4v) is 11.3. The summed E-state index contributed by atoms with van der Waals surface area (Å²) in [7, 11) is 0. The normalized spacial score (nSPS) is 11.4. The Bertz CT molecular complexity index is 4620. The second kappa shape index (κ2) is 19.0. The van der Waals surface area contributed by atoms with Gasteiger partial charge in [0.2, 0.25) is 0 Å². The van der Waals surface area contributed by atoms with E-state index in [1.807, 2.05) is 54.6 Å². The zero-order valence-electron chi connectivity index (χ0n) is 42.9. The van der Waals surface area contributed by atoms with E-state index in [9.17, 15) is 5.26 Å². The third-order valence-electron chi connectivity index (χ3n) is 15.2. The maximum atomic E-state index is 10.2. The molecule has 6 nitrogen and oxygen atoms in total. The lowest BCUT2D eigenvalue weighted by atomic mass is 9.92. The maximum Gasteiger partial charge on any atom is 0.166 e. The molecular weight excluding hydrogens is 949 g/mol. The molecular formula is C72H48N6. The Morgan fingerprint density at radius 3 is 1.31 bits per heavy atom. The molecule has 0 spiro atoms. The summed E-state index contributed by atoms with van der Waals surface area (Å²) in [5.74, 6) is 1.67. The van der Waals surface area contributed by atoms with Crippen molar-refractivity contribution in [3.05, 3.63) is 271 Å². The van der Waals surface area contributed by atoms with E-state index in [1.54, 1.807) is 0 Å². The molecule has 78 heavy (non-hydrogen) atoms. The van der Waals surface area contributed by atoms with Gasteiger partial charge in [-0.25, -0.2) is 15.0 Å². The monoisotopic (exact) mass is 996 g/mol. The lowest BCUT2D eigenvalue weighted by Gasteiger charge is -2.21. The van der Waals surface area contributed by atoms with Gasteiger partial charge in [0.25, 0.3) is 0 Å². The molecule has 0 aliphatic rings. The number of aromatic nitrogens is 5. The molecule has 14 aromatic rings. The second-order valence-corrected chi connectivity index (χ2v) is 20.1. The van der Waals surface area contributed by atoms with Crippen LogP contribution in [0.4, 0.5) is 0 Å². The Kier molecular flexibility index (Phi) is 11.2. The lowest BCUT2D eigenvalue weighted by Crippen LogP contribution is -2.06. The number of hydrogen-bond donors (Lipinski definition) is 0. The van der Waals surface area contributed by atoms with Crippen molar-refractivity contribution in [3.63, 3.8) is 0 Å². The van der Waals surface area contributed by atoms with Gasteiger partial charge < -0.3 is 9.13 Å². The van der Waals surface area contributed by atoms with Crippen molar-refractivity contribution >= 4 is 43.6 Å². The van der Waals surface area contributed by atoms with Gasteiger partial charge in [0, 0.05) is 38.2 Å². The molecule has 6 heteroatoms. The molecule has 3 aromatic heterocycles. The molecule has 11 aromatic carbocycles. The fraction of sp³-hybridized carbons (Fsp3) is 0.0278. The molecule has 0 N–H and O–H groups in total. The average molecular weight is 997 g/mol. The Hall–Kier alpha value is -10.5. The van der Waals surface area contributed by atoms with Crippen LogP contribution in [-0.4, -0.2) is 24.1 Å². The average Bonchev–Trinajstić information content (AvgIpc) is 4.11. The smallest absolute Gasteiger partial charge is 0.166 e. The van der Waals surface area contributed by atoms with Crippen LogP contribution in [0.1, 0.15) is 16.7 Å². The molecule has 0 aliphatic heterocycles. The summed E-state index contributed by atoms with van der Waals surface area (Å²) < 4.78 is 4.81. The van der Waals surface area contributed by atoms with Crippen LogP contribution >= 0.6 is 0 Å². The SMILES string of the molecule is Cc1ccc(-c2ccc3c(c2)c2ccccc2n3-c2ccc(-c3cccc(C#N)c3)cc2-c2cccc(-n3c4ccccc4c4cc(-c5ccc(C)cc5)ccc43)c2-c2nc(-c3ccccc3)nc(-c3ccccc3)n2)cc1. The van der Waals surface area contributed by atoms with Gasteiger partial charge in [0.1, 0.15) is 0 Å². The Morgan fingerprint density at radius 1 is 0.308 bits per heavy atom. The van der Waals surface area contributed by atoms with Crippen LogP contribution in [0, 0.1) is 25.2 Å². The zero-order chi connectivity index (χ0) is 52.3. The number of nitrogens with zero attached hydrogens (tertiary/aromatic N) is 6. The predicted molar refractivity (Wildman–Crippen MR) is 321 cm³/mol. The molecule has 0 amide bonds. The Labute approximate surface area is 452 Å². The third-order valence-corrected chi connectivity index (χ3v) is 15.2. The summed E-state index contributed by atoms with van der Waals surface area (Å²) in [6, 6.07) is 92.5. The molecule has 0 unspecified atom stereocenters. The molecule has 3 heterocycles. The zero-order valence-corrected chi connectivity index (χ0v) is 42.9. The first-order chi connectivity index (χ1) is 38.4. The fourth-order valence-electron chi connectivity index (χ4n) is 11.3. The molecule has 0 aliphatic carbocycles. The van der Waals surface area contributed by atoms with Crippen LogP contribution in [0.15, 0.2) is 255 Å². The highest BCUT2D eigenvalue weighted by molar-refractivity contribution is 6.13. The van der Waals surface area contributed by atoms with E-state index < -0.39 is 0 Å². The lowest BCUT2D eigenvalue weighted by molar-refractivity contribution is 1.06. The minimum atomic E-state index is 0.531. The summed E-state index contributed by atoms with van der Waals surface area (Å²) >= 11 is 0. The van der Waals surface area contributed by atoms with Crippen molar-refractivity contribution in [1.82, 2.24) is 24.1 Å². The van der Waals surface area contributed by atoms with Gasteiger partial charge in [-0.3, -0.25) is 0 Å². The first kappa shape index (κ1) is 46.1. The van der Waals surface area contributed by atoms with Crippen LogP contribution < -0.4 is 0 Å². The molecule has 0 fully saturated rings. The van der Waals surface area contributed by atoms with Gasteiger partial charge in [0.15, 0.2) is 17.5 Å². The van der Waals surface area contributed by atoms with E-state index in [0.29, 0.717) is 23.0 Å². The quantitative estimate of drug-likeness (QED) is 0.144. The number of fused-ring (bicyclic) bond motifs is 6. The summed E-state index contributed by atoms with van der Waals surface area (Å²) in [6.07, 6.45) is 0. The number of para-hydroxylation sites is 2. The second-order valence-electron chi connectivity index (χ2n) is 20.1. The number of rotatable bonds is 9. The van der Waals surface area contributed by atoms with Crippen LogP contribution in [0.25, 0.3) is 134 Å². The number of aryl methyl sites for hydroxylation is 2. The summed E-state index contributed by atoms with van der Waals surface area (Å²) in [4.78, 5) is 16.3. The van der Waals surface area contributed by atoms with Crippen LogP contribution in [0.3, 0.4) is 0 Å². The summed E-state index contributed by atoms with van der Waals surface area (Å²) in [6.45, 7) is 4.25. The van der Waals surface area contributed by atoms with E-state index in [2.05, 4.69) is 229 Å². The van der Waals surface area contributed by atoms with Crippen LogP contribution in [0.5, 0.6) is 0 Å². The number of nitriles is 1. The molecule has 14 rings (SSSR count). The van der Waals surface area contributed by atoms with Crippen molar-refractivity contribution in [2.24, 2.45) is 0 Å². The van der Waals surface area contributed by atoms with Gasteiger partial charge in [-0.1, -0.05) is 199 Å². The van der Waals surface area contributed by atoms with Crippen LogP contribution in [-0.2, 0) is 0 Å². The maximum absolute atomic E-state index is 10.2. The van der Waals surface area contributed by atoms with E-state index in [0.717, 1.165) is 105 Å². The van der Waals surface area contributed by atoms with Gasteiger partial charge >= 0.3 is 0 Å². The van der Waals surface area contributed by atoms with Gasteiger partial charge in [0.05, 0.1) is 50.6 Å². The summed E-state index contributed by atoms with van der Waals surface area (Å²) in [5.41, 5.74) is 20.3. The largest absolute Gasteiger partial charge is 0.309 e. The van der Waals surface area contributed by atoms with E-state index in [-0.39, 0.29) is 0 Å². The highest BCUT2D eigenvalue weighted by Crippen LogP contribution is 2.46. The van der Waals surface area contributed by atoms with Crippen molar-refractivity contribution in [2.75, 3.05) is 0 Å². The van der Waals surface area contributed by atoms with Gasteiger partial charge in [-0.2, -0.15) is 5.26 Å². The van der Waals surface area contributed by atoms with E-state index in [4.69, 9.17) is 15.0 Å². The molecule has 0 radical (unpaired) electrons. The third kappa shape index (κ3) is 8.01. The number of hydrogen-bond acceptors (Lipinski definition) is 4. The minimum absolute atomic E-state index is 0.531. The van der Waals surface area contributed by atoms with E-state index in [1.165, 1.54) is 22.3 Å². The van der Waals surface area contributed by atoms with Crippen molar-refractivity contribution in [3.8, 4) is 96.1 Å². The van der Waals surface area contributed by atoms with Crippen LogP contribution in [0.2, 0.25) is 0 Å². The van der Waals surface area contributed by atoms with E-state index >= 15 is 0 Å². The Balaban J connectivity index is 1.11. The minimum Gasteiger partial charge on any atom is -0.309 e. The van der Waals surface area contributed by atoms with Gasteiger partial charge in [-0.05, 0) is 120 Å². The first-order valence-electron chi connectivity index (χ1n) is 26.3. The molecule has 366 valence electrons. The predicted octanol–water partition coefficient (Wildman–Crippen LogP) is 18.2. The number of benzene rings is 11. The molecule has 0 saturated carbocycles. The Morgan fingerprint density at radius 2 is 0.744 bits per heavy atom. The molecule has 0 atom stereocenters. The molecule has 0 bridgehead atoms. The van der Waals surface area contributed by atoms with Gasteiger partial charge in [-0.15, -0.1) is 0 Å². The molecule has 0 saturated heterocycles. The van der Waals surface area contributed by atoms with Crippen molar-refractivity contribution < 1.29 is 0 Å². The first-order valence-corrected chi connectivity index (χ1v) is 26.3. The highest BCUT2D eigenvalue weighted by atomic mass is 15.1.